The lowest BCUT2D eigenvalue weighted by atomic mass is 10.1. The molecule has 0 aromatic heterocycles. The highest BCUT2D eigenvalue weighted by atomic mass is 16.3. The van der Waals surface area contributed by atoms with Gasteiger partial charge in [-0.25, -0.2) is 0 Å². The first-order valence-electron chi connectivity index (χ1n) is 6.48. The minimum atomic E-state index is 0.337. The van der Waals surface area contributed by atoms with E-state index < -0.39 is 0 Å². The van der Waals surface area contributed by atoms with Gasteiger partial charge in [-0.05, 0) is 32.2 Å². The third kappa shape index (κ3) is 3.74. The monoisotopic (exact) mass is 212 g/mol. The van der Waals surface area contributed by atoms with Crippen molar-refractivity contribution in [2.45, 2.75) is 50.6 Å². The Hall–Kier alpha value is -0.120. The lowest BCUT2D eigenvalue weighted by Crippen LogP contribution is -2.41. The number of nitrogens with zero attached hydrogens (tertiary/aromatic N) is 1. The molecule has 2 rings (SSSR count). The highest BCUT2D eigenvalue weighted by molar-refractivity contribution is 4.82. The lowest BCUT2D eigenvalue weighted by Gasteiger charge is -2.28. The van der Waals surface area contributed by atoms with E-state index in [0.717, 1.165) is 19.1 Å². The van der Waals surface area contributed by atoms with Crippen molar-refractivity contribution in [3.05, 3.63) is 0 Å². The molecule has 1 aliphatic heterocycles. The smallest absolute Gasteiger partial charge is 0.0586 e. The summed E-state index contributed by atoms with van der Waals surface area (Å²) in [5, 5.41) is 12.9. The van der Waals surface area contributed by atoms with E-state index in [4.69, 9.17) is 0 Å². The average Bonchev–Trinajstić information content (AvgIpc) is 3.05. The summed E-state index contributed by atoms with van der Waals surface area (Å²) in [5.41, 5.74) is 0. The molecule has 2 N–H and O–H groups in total. The van der Waals surface area contributed by atoms with Gasteiger partial charge in [0.2, 0.25) is 0 Å². The van der Waals surface area contributed by atoms with Crippen molar-refractivity contribution in [2.24, 2.45) is 0 Å². The highest BCUT2D eigenvalue weighted by Crippen LogP contribution is 2.19. The van der Waals surface area contributed by atoms with Gasteiger partial charge in [-0.1, -0.05) is 12.8 Å². The second-order valence-corrected chi connectivity index (χ2v) is 4.95. The van der Waals surface area contributed by atoms with Crippen LogP contribution in [-0.4, -0.2) is 48.3 Å². The largest absolute Gasteiger partial charge is 0.395 e. The second kappa shape index (κ2) is 5.83. The van der Waals surface area contributed by atoms with E-state index in [9.17, 15) is 5.11 Å². The van der Waals surface area contributed by atoms with Gasteiger partial charge in [-0.2, -0.15) is 0 Å². The third-order valence-electron chi connectivity index (χ3n) is 3.62. The van der Waals surface area contributed by atoms with Crippen molar-refractivity contribution < 1.29 is 5.11 Å². The normalized spacial score (nSPS) is 29.0. The molecule has 0 bridgehead atoms. The summed E-state index contributed by atoms with van der Waals surface area (Å²) < 4.78 is 0. The quantitative estimate of drug-likeness (QED) is 0.713. The third-order valence-corrected chi connectivity index (χ3v) is 3.62. The van der Waals surface area contributed by atoms with Crippen LogP contribution < -0.4 is 5.32 Å². The fourth-order valence-electron chi connectivity index (χ4n) is 2.44. The van der Waals surface area contributed by atoms with Crippen LogP contribution in [0.15, 0.2) is 0 Å². The van der Waals surface area contributed by atoms with Crippen LogP contribution in [0.4, 0.5) is 0 Å². The van der Waals surface area contributed by atoms with Crippen LogP contribution in [0.25, 0.3) is 0 Å². The molecular weight excluding hydrogens is 188 g/mol. The Morgan fingerprint density at radius 2 is 2.00 bits per heavy atom. The second-order valence-electron chi connectivity index (χ2n) is 4.95. The molecule has 2 fully saturated rings. The Balaban J connectivity index is 1.69. The Kier molecular flexibility index (Phi) is 4.42. The first-order chi connectivity index (χ1) is 7.40. The van der Waals surface area contributed by atoms with Crippen molar-refractivity contribution in [1.29, 1.82) is 0 Å². The van der Waals surface area contributed by atoms with Gasteiger partial charge in [0.25, 0.3) is 0 Å². The number of aliphatic hydroxyl groups excluding tert-OH is 1. The zero-order chi connectivity index (χ0) is 10.5. The van der Waals surface area contributed by atoms with Crippen LogP contribution >= 0.6 is 0 Å². The van der Waals surface area contributed by atoms with Crippen LogP contribution in [0.2, 0.25) is 0 Å². The number of rotatable bonds is 5. The number of hydrogen-bond acceptors (Lipinski definition) is 3. The van der Waals surface area contributed by atoms with Crippen molar-refractivity contribution in [3.63, 3.8) is 0 Å². The van der Waals surface area contributed by atoms with Gasteiger partial charge in [0.15, 0.2) is 0 Å². The molecule has 1 saturated carbocycles. The van der Waals surface area contributed by atoms with Gasteiger partial charge in [0.1, 0.15) is 0 Å². The molecule has 1 saturated heterocycles. The van der Waals surface area contributed by atoms with Gasteiger partial charge in [-0.3, -0.25) is 4.90 Å². The van der Waals surface area contributed by atoms with Gasteiger partial charge in [0, 0.05) is 25.2 Å². The summed E-state index contributed by atoms with van der Waals surface area (Å²) in [4.78, 5) is 2.47. The maximum Gasteiger partial charge on any atom is 0.0586 e. The minimum Gasteiger partial charge on any atom is -0.395 e. The van der Waals surface area contributed by atoms with Gasteiger partial charge < -0.3 is 10.4 Å². The lowest BCUT2D eigenvalue weighted by molar-refractivity contribution is 0.125. The summed E-state index contributed by atoms with van der Waals surface area (Å²) in [6.45, 7) is 3.73. The molecule has 1 atom stereocenters. The first-order valence-corrected chi connectivity index (χ1v) is 6.48. The van der Waals surface area contributed by atoms with E-state index in [1.807, 2.05) is 0 Å². The number of aliphatic hydroxyl groups is 1. The Morgan fingerprint density at radius 1 is 1.13 bits per heavy atom. The fourth-order valence-corrected chi connectivity index (χ4v) is 2.44. The van der Waals surface area contributed by atoms with Crippen LogP contribution in [-0.2, 0) is 0 Å². The zero-order valence-corrected chi connectivity index (χ0v) is 9.62. The Morgan fingerprint density at radius 3 is 2.73 bits per heavy atom. The topological polar surface area (TPSA) is 35.5 Å². The van der Waals surface area contributed by atoms with Gasteiger partial charge >= 0.3 is 0 Å². The molecule has 3 nitrogen and oxygen atoms in total. The molecule has 2 aliphatic rings. The summed E-state index contributed by atoms with van der Waals surface area (Å²) in [6, 6.07) is 1.23. The first kappa shape index (κ1) is 11.4. The SMILES string of the molecule is OCC1CCCCCN1CCNC1CC1. The van der Waals surface area contributed by atoms with Crippen LogP contribution in [0, 0.1) is 0 Å². The summed E-state index contributed by atoms with van der Waals surface area (Å²) in [7, 11) is 0. The fraction of sp³-hybridized carbons (Fsp3) is 1.00. The van der Waals surface area contributed by atoms with E-state index in [1.165, 1.54) is 45.1 Å². The predicted molar refractivity (Wildman–Crippen MR) is 61.9 cm³/mol. The molecule has 0 spiro atoms. The molecule has 3 heteroatoms. The summed E-state index contributed by atoms with van der Waals surface area (Å²) in [6.07, 6.45) is 7.84. The van der Waals surface area contributed by atoms with Gasteiger partial charge in [0.05, 0.1) is 6.61 Å². The van der Waals surface area contributed by atoms with Crippen molar-refractivity contribution in [2.75, 3.05) is 26.2 Å². The summed E-state index contributed by atoms with van der Waals surface area (Å²) in [5.74, 6) is 0. The van der Waals surface area contributed by atoms with Crippen LogP contribution in [0.3, 0.4) is 0 Å². The van der Waals surface area contributed by atoms with E-state index in [1.54, 1.807) is 0 Å². The van der Waals surface area contributed by atoms with Crippen molar-refractivity contribution in [3.8, 4) is 0 Å². The number of hydrogen-bond donors (Lipinski definition) is 2. The average molecular weight is 212 g/mol. The van der Waals surface area contributed by atoms with E-state index in [-0.39, 0.29) is 0 Å². The van der Waals surface area contributed by atoms with E-state index in [0.29, 0.717) is 12.6 Å². The molecule has 0 aromatic rings. The maximum atomic E-state index is 9.35. The Labute approximate surface area is 92.8 Å². The molecule has 1 unspecified atom stereocenters. The molecule has 1 heterocycles. The van der Waals surface area contributed by atoms with Crippen molar-refractivity contribution in [1.82, 2.24) is 10.2 Å². The highest BCUT2D eigenvalue weighted by Gasteiger charge is 2.22. The predicted octanol–water partition coefficient (Wildman–Crippen LogP) is 0.975. The van der Waals surface area contributed by atoms with Crippen LogP contribution in [0.1, 0.15) is 38.5 Å². The molecule has 0 aromatic carbocycles. The maximum absolute atomic E-state index is 9.35. The minimum absolute atomic E-state index is 0.337. The molecule has 0 radical (unpaired) electrons. The van der Waals surface area contributed by atoms with Crippen LogP contribution in [0.5, 0.6) is 0 Å². The van der Waals surface area contributed by atoms with Gasteiger partial charge in [-0.15, -0.1) is 0 Å². The molecule has 88 valence electrons. The standard InChI is InChI=1S/C12H24N2O/c15-10-12-4-2-1-3-8-14(12)9-7-13-11-5-6-11/h11-13,15H,1-10H2. The van der Waals surface area contributed by atoms with E-state index in [2.05, 4.69) is 10.2 Å². The molecule has 1 aliphatic carbocycles. The number of likely N-dealkylation sites (tertiary alicyclic amines) is 1. The molecule has 15 heavy (non-hydrogen) atoms. The molecular formula is C12H24N2O. The Bertz CT molecular complexity index is 182. The van der Waals surface area contributed by atoms with Crippen molar-refractivity contribution >= 4 is 0 Å². The molecule has 0 amide bonds. The number of nitrogens with one attached hydrogen (secondary N) is 1. The van der Waals surface area contributed by atoms with E-state index >= 15 is 0 Å². The zero-order valence-electron chi connectivity index (χ0n) is 9.62. The summed E-state index contributed by atoms with van der Waals surface area (Å²) >= 11 is 0.